The number of amides is 2. The van der Waals surface area contributed by atoms with E-state index in [1.807, 2.05) is 17.0 Å². The van der Waals surface area contributed by atoms with Gasteiger partial charge in [0.2, 0.25) is 5.91 Å². The molecule has 5 rings (SSSR count). The second-order valence-electron chi connectivity index (χ2n) is 9.13. The first-order valence-corrected chi connectivity index (χ1v) is 11.8. The van der Waals surface area contributed by atoms with Crippen LogP contribution in [-0.2, 0) is 11.2 Å². The maximum absolute atomic E-state index is 14.7. The number of rotatable bonds is 4. The lowest BCUT2D eigenvalue weighted by Crippen LogP contribution is -2.42. The molecule has 0 bridgehead atoms. The van der Waals surface area contributed by atoms with Crippen molar-refractivity contribution in [2.24, 2.45) is 5.92 Å². The zero-order valence-electron chi connectivity index (χ0n) is 18.9. The quantitative estimate of drug-likeness (QED) is 0.646. The molecular formula is C26H27FN4O3. The molecule has 0 unspecified atom stereocenters. The highest BCUT2D eigenvalue weighted by Crippen LogP contribution is 2.31. The minimum absolute atomic E-state index is 0.0396. The molecule has 1 aliphatic carbocycles. The number of nitrogens with one attached hydrogen (secondary N) is 1. The summed E-state index contributed by atoms with van der Waals surface area (Å²) >= 11 is 0. The number of H-pyrrole nitrogens is 1. The molecule has 7 nitrogen and oxygen atoms in total. The van der Waals surface area contributed by atoms with E-state index in [-0.39, 0.29) is 28.9 Å². The summed E-state index contributed by atoms with van der Waals surface area (Å²) in [5, 5.41) is 7.98. The van der Waals surface area contributed by atoms with Crippen molar-refractivity contribution in [1.82, 2.24) is 20.0 Å². The summed E-state index contributed by atoms with van der Waals surface area (Å²) in [7, 11) is 0. The van der Waals surface area contributed by atoms with E-state index in [4.69, 9.17) is 0 Å². The third kappa shape index (κ3) is 4.58. The fourth-order valence-corrected chi connectivity index (χ4v) is 4.66. The molecule has 2 amide bonds. The van der Waals surface area contributed by atoms with Crippen LogP contribution in [0.15, 0.2) is 47.3 Å². The fourth-order valence-electron chi connectivity index (χ4n) is 4.66. The number of benzene rings is 2. The number of halogens is 1. The SMILES string of the molecule is O=C(c1cc(Cc2n[nH]c(=O)c3ccccc23)ccc1F)N1CCCN(C(=O)C2CC2)CCC1. The number of fused-ring (bicyclic) bond motifs is 1. The van der Waals surface area contributed by atoms with Crippen molar-refractivity contribution in [3.8, 4) is 0 Å². The van der Waals surface area contributed by atoms with Gasteiger partial charge in [-0.3, -0.25) is 14.4 Å². The summed E-state index contributed by atoms with van der Waals surface area (Å²) in [6, 6.07) is 11.7. The Kier molecular flexibility index (Phi) is 6.13. The standard InChI is InChI=1S/C26H27FN4O3/c27-22-10-7-17(16-23-19-5-1-2-6-20(19)24(32)29-28-23)15-21(22)26(34)31-13-3-11-30(12-4-14-31)25(33)18-8-9-18/h1-2,5-7,10,15,18H,3-4,8-9,11-14,16H2,(H,29,32). The molecule has 1 aliphatic heterocycles. The summed E-state index contributed by atoms with van der Waals surface area (Å²) in [4.78, 5) is 41.3. The Morgan fingerprint density at radius 2 is 1.65 bits per heavy atom. The third-order valence-corrected chi connectivity index (χ3v) is 6.65. The molecule has 1 N–H and O–H groups in total. The van der Waals surface area contributed by atoms with Gasteiger partial charge in [0.15, 0.2) is 0 Å². The lowest BCUT2D eigenvalue weighted by Gasteiger charge is -2.31. The van der Waals surface area contributed by atoms with Gasteiger partial charge in [-0.15, -0.1) is 0 Å². The monoisotopic (exact) mass is 462 g/mol. The molecule has 1 aromatic heterocycles. The number of nitrogens with zero attached hydrogens (tertiary/aromatic N) is 3. The Morgan fingerprint density at radius 3 is 2.35 bits per heavy atom. The maximum Gasteiger partial charge on any atom is 0.272 e. The minimum Gasteiger partial charge on any atom is -0.342 e. The molecule has 0 atom stereocenters. The Hall–Kier alpha value is -3.55. The van der Waals surface area contributed by atoms with Gasteiger partial charge >= 0.3 is 0 Å². The van der Waals surface area contributed by atoms with Gasteiger partial charge in [0.25, 0.3) is 11.5 Å². The Morgan fingerprint density at radius 1 is 0.971 bits per heavy atom. The smallest absolute Gasteiger partial charge is 0.272 e. The normalized spacial score (nSPS) is 16.9. The highest BCUT2D eigenvalue weighted by atomic mass is 19.1. The highest BCUT2D eigenvalue weighted by molar-refractivity contribution is 5.95. The number of hydrogen-bond acceptors (Lipinski definition) is 4. The molecule has 2 aliphatic rings. The summed E-state index contributed by atoms with van der Waals surface area (Å²) in [5.41, 5.74) is 1.18. The second kappa shape index (κ2) is 9.37. The van der Waals surface area contributed by atoms with E-state index in [1.165, 1.54) is 6.07 Å². The Labute approximate surface area is 196 Å². The molecule has 2 aromatic carbocycles. The summed E-state index contributed by atoms with van der Waals surface area (Å²) < 4.78 is 14.7. The van der Waals surface area contributed by atoms with Crippen LogP contribution in [0.1, 0.15) is 47.3 Å². The second-order valence-corrected chi connectivity index (χ2v) is 9.13. The molecule has 1 saturated carbocycles. The van der Waals surface area contributed by atoms with Crippen LogP contribution in [0, 0.1) is 11.7 Å². The van der Waals surface area contributed by atoms with Crippen LogP contribution < -0.4 is 5.56 Å². The summed E-state index contributed by atoms with van der Waals surface area (Å²) in [5.74, 6) is -0.453. The van der Waals surface area contributed by atoms with E-state index >= 15 is 0 Å². The molecule has 0 spiro atoms. The largest absolute Gasteiger partial charge is 0.342 e. The van der Waals surface area contributed by atoms with Gasteiger partial charge < -0.3 is 9.80 Å². The maximum atomic E-state index is 14.7. The third-order valence-electron chi connectivity index (χ3n) is 6.65. The zero-order chi connectivity index (χ0) is 23.7. The summed E-state index contributed by atoms with van der Waals surface area (Å²) in [6.45, 7) is 2.24. The summed E-state index contributed by atoms with van der Waals surface area (Å²) in [6.07, 6.45) is 3.69. The van der Waals surface area contributed by atoms with Crippen molar-refractivity contribution in [2.45, 2.75) is 32.1 Å². The number of hydrogen-bond donors (Lipinski definition) is 1. The molecule has 0 radical (unpaired) electrons. The van der Waals surface area contributed by atoms with Gasteiger partial charge in [0, 0.05) is 43.9 Å². The van der Waals surface area contributed by atoms with Crippen molar-refractivity contribution < 1.29 is 14.0 Å². The van der Waals surface area contributed by atoms with Gasteiger partial charge in [-0.2, -0.15) is 5.10 Å². The number of carbonyl (C=O) groups excluding carboxylic acids is 2. The Bertz CT molecular complexity index is 1290. The topological polar surface area (TPSA) is 86.4 Å². The first kappa shape index (κ1) is 22.3. The van der Waals surface area contributed by atoms with E-state index in [2.05, 4.69) is 10.2 Å². The number of carbonyl (C=O) groups is 2. The van der Waals surface area contributed by atoms with Gasteiger partial charge in [0.1, 0.15) is 5.82 Å². The van der Waals surface area contributed by atoms with Crippen molar-refractivity contribution in [1.29, 1.82) is 0 Å². The van der Waals surface area contributed by atoms with Crippen LogP contribution >= 0.6 is 0 Å². The molecule has 3 aromatic rings. The van der Waals surface area contributed by atoms with Crippen molar-refractivity contribution >= 4 is 22.6 Å². The molecule has 2 heterocycles. The van der Waals surface area contributed by atoms with Crippen LogP contribution in [0.3, 0.4) is 0 Å². The first-order chi connectivity index (χ1) is 16.5. The minimum atomic E-state index is -0.555. The lowest BCUT2D eigenvalue weighted by molar-refractivity contribution is -0.133. The van der Waals surface area contributed by atoms with E-state index < -0.39 is 5.82 Å². The fraction of sp³-hybridized carbons (Fsp3) is 0.385. The molecule has 1 saturated heterocycles. The average molecular weight is 463 g/mol. The molecule has 34 heavy (non-hydrogen) atoms. The van der Waals surface area contributed by atoms with Gasteiger partial charge in [0.05, 0.1) is 16.6 Å². The van der Waals surface area contributed by atoms with Crippen LogP contribution in [-0.4, -0.2) is 58.0 Å². The molecule has 2 fully saturated rings. The van der Waals surface area contributed by atoms with E-state index in [0.29, 0.717) is 56.5 Å². The van der Waals surface area contributed by atoms with Crippen LogP contribution in [0.4, 0.5) is 4.39 Å². The van der Waals surface area contributed by atoms with Crippen molar-refractivity contribution in [3.63, 3.8) is 0 Å². The Balaban J connectivity index is 1.32. The molecule has 176 valence electrons. The lowest BCUT2D eigenvalue weighted by atomic mass is 10.0. The van der Waals surface area contributed by atoms with Crippen molar-refractivity contribution in [3.05, 3.63) is 75.5 Å². The first-order valence-electron chi connectivity index (χ1n) is 11.8. The number of aromatic nitrogens is 2. The zero-order valence-corrected chi connectivity index (χ0v) is 18.9. The van der Waals surface area contributed by atoms with Gasteiger partial charge in [-0.05, 0) is 49.4 Å². The highest BCUT2D eigenvalue weighted by Gasteiger charge is 2.33. The average Bonchev–Trinajstić information content (AvgIpc) is 3.67. The van der Waals surface area contributed by atoms with Crippen LogP contribution in [0.25, 0.3) is 10.8 Å². The van der Waals surface area contributed by atoms with E-state index in [0.717, 1.165) is 23.8 Å². The molecule has 8 heteroatoms. The van der Waals surface area contributed by atoms with Crippen LogP contribution in [0.5, 0.6) is 0 Å². The predicted molar refractivity (Wildman–Crippen MR) is 126 cm³/mol. The van der Waals surface area contributed by atoms with Gasteiger partial charge in [-0.25, -0.2) is 9.49 Å². The molecular weight excluding hydrogens is 435 g/mol. The van der Waals surface area contributed by atoms with Crippen molar-refractivity contribution in [2.75, 3.05) is 26.2 Å². The van der Waals surface area contributed by atoms with E-state index in [9.17, 15) is 18.8 Å². The number of aromatic amines is 1. The predicted octanol–water partition coefficient (Wildman–Crippen LogP) is 3.13. The van der Waals surface area contributed by atoms with Gasteiger partial charge in [-0.1, -0.05) is 24.3 Å². The van der Waals surface area contributed by atoms with Crippen LogP contribution in [0.2, 0.25) is 0 Å². The van der Waals surface area contributed by atoms with E-state index in [1.54, 1.807) is 29.2 Å².